The predicted molar refractivity (Wildman–Crippen MR) is 65.3 cm³/mol. The van der Waals surface area contributed by atoms with Gasteiger partial charge in [0.2, 0.25) is 0 Å². The summed E-state index contributed by atoms with van der Waals surface area (Å²) in [6.07, 6.45) is 0.447. The Morgan fingerprint density at radius 1 is 1.12 bits per heavy atom. The van der Waals surface area contributed by atoms with Crippen molar-refractivity contribution in [1.82, 2.24) is 4.98 Å². The zero-order chi connectivity index (χ0) is 11.7. The third-order valence-electron chi connectivity index (χ3n) is 2.91. The highest BCUT2D eigenvalue weighted by molar-refractivity contribution is 5.84. The minimum absolute atomic E-state index is 0.447. The summed E-state index contributed by atoms with van der Waals surface area (Å²) in [7, 11) is 0. The molecule has 2 heteroatoms. The van der Waals surface area contributed by atoms with E-state index in [4.69, 9.17) is 5.26 Å². The van der Waals surface area contributed by atoms with E-state index in [1.54, 1.807) is 0 Å². The molecule has 0 amide bonds. The summed E-state index contributed by atoms with van der Waals surface area (Å²) in [5.74, 6) is 0. The van der Waals surface area contributed by atoms with Crippen LogP contribution in [0.25, 0.3) is 10.9 Å². The lowest BCUT2D eigenvalue weighted by atomic mass is 10.0. The monoisotopic (exact) mass is 210 g/mol. The van der Waals surface area contributed by atoms with Gasteiger partial charge < -0.3 is 0 Å². The fourth-order valence-electron chi connectivity index (χ4n) is 1.93. The molecular formula is C14H14N2. The Morgan fingerprint density at radius 3 is 2.50 bits per heavy atom. The Hall–Kier alpha value is -1.88. The van der Waals surface area contributed by atoms with Gasteiger partial charge in [-0.3, -0.25) is 4.98 Å². The van der Waals surface area contributed by atoms with Crippen LogP contribution in [-0.4, -0.2) is 4.98 Å². The molecule has 1 aromatic heterocycles. The molecule has 1 aromatic carbocycles. The minimum Gasteiger partial charge on any atom is -0.253 e. The van der Waals surface area contributed by atoms with E-state index in [0.717, 1.165) is 22.2 Å². The zero-order valence-corrected chi connectivity index (χ0v) is 9.83. The fourth-order valence-corrected chi connectivity index (χ4v) is 1.93. The van der Waals surface area contributed by atoms with Gasteiger partial charge in [0.05, 0.1) is 18.0 Å². The van der Waals surface area contributed by atoms with E-state index >= 15 is 0 Å². The number of fused-ring (bicyclic) bond motifs is 1. The smallest absolute Gasteiger partial charge is 0.0711 e. The first-order valence-electron chi connectivity index (χ1n) is 5.36. The second-order valence-electron chi connectivity index (χ2n) is 4.21. The molecule has 0 unspecified atom stereocenters. The van der Waals surface area contributed by atoms with E-state index in [1.165, 1.54) is 11.1 Å². The molecule has 80 valence electrons. The van der Waals surface area contributed by atoms with Crippen molar-refractivity contribution in [3.8, 4) is 6.07 Å². The van der Waals surface area contributed by atoms with Gasteiger partial charge in [0.25, 0.3) is 0 Å². The van der Waals surface area contributed by atoms with Crippen LogP contribution in [0.5, 0.6) is 0 Å². The van der Waals surface area contributed by atoms with Crippen LogP contribution in [0.3, 0.4) is 0 Å². The molecule has 0 saturated carbocycles. The first-order chi connectivity index (χ1) is 7.61. The SMILES string of the molecule is Cc1cc(CC#N)c2cc(C)c(C)cc2n1. The summed E-state index contributed by atoms with van der Waals surface area (Å²) in [4.78, 5) is 4.51. The van der Waals surface area contributed by atoms with Gasteiger partial charge in [-0.15, -0.1) is 0 Å². The molecular weight excluding hydrogens is 196 g/mol. The molecule has 0 radical (unpaired) electrons. The number of aryl methyl sites for hydroxylation is 3. The van der Waals surface area contributed by atoms with E-state index in [2.05, 4.69) is 37.0 Å². The normalized spacial score (nSPS) is 10.4. The van der Waals surface area contributed by atoms with E-state index in [0.29, 0.717) is 6.42 Å². The Kier molecular flexibility index (Phi) is 2.62. The van der Waals surface area contributed by atoms with Crippen LogP contribution in [0.2, 0.25) is 0 Å². The highest BCUT2D eigenvalue weighted by atomic mass is 14.7. The van der Waals surface area contributed by atoms with Crippen LogP contribution in [-0.2, 0) is 6.42 Å². The third kappa shape index (κ3) is 1.77. The number of rotatable bonds is 1. The molecule has 0 saturated heterocycles. The Labute approximate surface area is 95.6 Å². The van der Waals surface area contributed by atoms with Crippen molar-refractivity contribution in [3.63, 3.8) is 0 Å². The third-order valence-corrected chi connectivity index (χ3v) is 2.91. The van der Waals surface area contributed by atoms with E-state index in [-0.39, 0.29) is 0 Å². The number of aromatic nitrogens is 1. The highest BCUT2D eigenvalue weighted by Gasteiger charge is 2.05. The van der Waals surface area contributed by atoms with Crippen molar-refractivity contribution in [2.75, 3.05) is 0 Å². The molecule has 0 spiro atoms. The largest absolute Gasteiger partial charge is 0.253 e. The first kappa shape index (κ1) is 10.6. The van der Waals surface area contributed by atoms with Crippen LogP contribution in [0.1, 0.15) is 22.4 Å². The fraction of sp³-hybridized carbons (Fsp3) is 0.286. The van der Waals surface area contributed by atoms with Gasteiger partial charge >= 0.3 is 0 Å². The van der Waals surface area contributed by atoms with Crippen LogP contribution in [0.15, 0.2) is 18.2 Å². The van der Waals surface area contributed by atoms with Gasteiger partial charge in [-0.25, -0.2) is 0 Å². The van der Waals surface area contributed by atoms with Crippen LogP contribution < -0.4 is 0 Å². The minimum atomic E-state index is 0.447. The second kappa shape index (κ2) is 3.94. The maximum absolute atomic E-state index is 8.82. The molecule has 2 rings (SSSR count). The first-order valence-corrected chi connectivity index (χ1v) is 5.36. The van der Waals surface area contributed by atoms with Crippen LogP contribution in [0.4, 0.5) is 0 Å². The Bertz CT molecular complexity index is 592. The number of benzene rings is 1. The predicted octanol–water partition coefficient (Wildman–Crippen LogP) is 3.23. The molecule has 2 aromatic rings. The average molecular weight is 210 g/mol. The van der Waals surface area contributed by atoms with Crippen LogP contribution in [0, 0.1) is 32.1 Å². The lowest BCUT2D eigenvalue weighted by Gasteiger charge is -2.08. The summed E-state index contributed by atoms with van der Waals surface area (Å²) in [5, 5.41) is 9.93. The van der Waals surface area contributed by atoms with Gasteiger partial charge in [-0.2, -0.15) is 5.26 Å². The number of nitriles is 1. The second-order valence-corrected chi connectivity index (χ2v) is 4.21. The molecule has 0 aliphatic carbocycles. The summed E-state index contributed by atoms with van der Waals surface area (Å²) in [6.45, 7) is 6.14. The Morgan fingerprint density at radius 2 is 1.81 bits per heavy atom. The maximum atomic E-state index is 8.82. The lowest BCUT2D eigenvalue weighted by molar-refractivity contribution is 1.19. The molecule has 16 heavy (non-hydrogen) atoms. The molecule has 2 nitrogen and oxygen atoms in total. The number of hydrogen-bond acceptors (Lipinski definition) is 2. The van der Waals surface area contributed by atoms with Crippen molar-refractivity contribution in [3.05, 3.63) is 40.6 Å². The summed E-state index contributed by atoms with van der Waals surface area (Å²) in [6, 6.07) is 8.43. The molecule has 0 aliphatic rings. The van der Waals surface area contributed by atoms with Crippen LogP contribution >= 0.6 is 0 Å². The standard InChI is InChI=1S/C14H14N2/c1-9-6-13-12(4-5-15)8-11(3)16-14(13)7-10(9)2/h6-8H,4H2,1-3H3. The maximum Gasteiger partial charge on any atom is 0.0711 e. The summed E-state index contributed by atoms with van der Waals surface area (Å²) in [5.41, 5.74) is 5.54. The van der Waals surface area contributed by atoms with Crippen molar-refractivity contribution in [1.29, 1.82) is 5.26 Å². The number of pyridine rings is 1. The van der Waals surface area contributed by atoms with Gasteiger partial charge in [0.15, 0.2) is 0 Å². The molecule has 0 atom stereocenters. The van der Waals surface area contributed by atoms with Gasteiger partial charge in [0.1, 0.15) is 0 Å². The number of nitrogens with zero attached hydrogens (tertiary/aromatic N) is 2. The molecule has 0 fully saturated rings. The lowest BCUT2D eigenvalue weighted by Crippen LogP contribution is -1.93. The number of hydrogen-bond donors (Lipinski definition) is 0. The molecule has 0 bridgehead atoms. The van der Waals surface area contributed by atoms with Crippen molar-refractivity contribution < 1.29 is 0 Å². The Balaban J connectivity index is 2.80. The molecule has 0 aliphatic heterocycles. The molecule has 1 heterocycles. The summed E-state index contributed by atoms with van der Waals surface area (Å²) < 4.78 is 0. The van der Waals surface area contributed by atoms with Gasteiger partial charge in [-0.05, 0) is 55.7 Å². The van der Waals surface area contributed by atoms with E-state index in [1.807, 2.05) is 13.0 Å². The quantitative estimate of drug-likeness (QED) is 0.724. The van der Waals surface area contributed by atoms with Crippen molar-refractivity contribution >= 4 is 10.9 Å². The van der Waals surface area contributed by atoms with Crippen molar-refractivity contribution in [2.45, 2.75) is 27.2 Å². The molecule has 0 N–H and O–H groups in total. The van der Waals surface area contributed by atoms with Gasteiger partial charge in [0, 0.05) is 11.1 Å². The van der Waals surface area contributed by atoms with E-state index < -0.39 is 0 Å². The van der Waals surface area contributed by atoms with Crippen molar-refractivity contribution in [2.24, 2.45) is 0 Å². The highest BCUT2D eigenvalue weighted by Crippen LogP contribution is 2.22. The topological polar surface area (TPSA) is 36.7 Å². The van der Waals surface area contributed by atoms with E-state index in [9.17, 15) is 0 Å². The zero-order valence-electron chi connectivity index (χ0n) is 9.83. The average Bonchev–Trinajstić information content (AvgIpc) is 2.21. The summed E-state index contributed by atoms with van der Waals surface area (Å²) >= 11 is 0. The van der Waals surface area contributed by atoms with Gasteiger partial charge in [-0.1, -0.05) is 0 Å².